The molecule has 1 fully saturated rings. The predicted octanol–water partition coefficient (Wildman–Crippen LogP) is 8.74. The summed E-state index contributed by atoms with van der Waals surface area (Å²) in [5.41, 5.74) is 7.96. The van der Waals surface area contributed by atoms with Crippen LogP contribution in [0.25, 0.3) is 21.9 Å². The van der Waals surface area contributed by atoms with E-state index in [4.69, 9.17) is 4.74 Å². The summed E-state index contributed by atoms with van der Waals surface area (Å²) in [6.45, 7) is 4.33. The zero-order chi connectivity index (χ0) is 23.4. The number of benzene rings is 4. The van der Waals surface area contributed by atoms with E-state index in [9.17, 15) is 5.11 Å². The lowest BCUT2D eigenvalue weighted by atomic mass is 9.65. The lowest BCUT2D eigenvalue weighted by Crippen LogP contribution is -2.21. The third kappa shape index (κ3) is 3.32. The number of aromatic hydroxyl groups is 1. The molecule has 1 N–H and O–H groups in total. The Bertz CT molecular complexity index is 1400. The van der Waals surface area contributed by atoms with Crippen LogP contribution in [0.3, 0.4) is 0 Å². The second kappa shape index (κ2) is 8.39. The number of hydrogen-bond acceptors (Lipinski definition) is 3. The van der Waals surface area contributed by atoms with Crippen LogP contribution in [0.4, 0.5) is 0 Å². The van der Waals surface area contributed by atoms with Crippen LogP contribution in [0.1, 0.15) is 59.8 Å². The molecule has 0 heterocycles. The fraction of sp³-hybridized carbons (Fsp3) is 0.290. The number of ether oxygens (including phenoxy) is 1. The monoisotopic (exact) mass is 466 g/mol. The van der Waals surface area contributed by atoms with Gasteiger partial charge in [-0.2, -0.15) is 0 Å². The van der Waals surface area contributed by atoms with E-state index in [2.05, 4.69) is 62.4 Å². The molecule has 4 aromatic rings. The molecule has 2 aliphatic rings. The topological polar surface area (TPSA) is 29.5 Å². The summed E-state index contributed by atoms with van der Waals surface area (Å²) in [7, 11) is 1.72. The van der Waals surface area contributed by atoms with E-state index in [1.165, 1.54) is 64.0 Å². The SMILES string of the molecule is COc1cc2c(O)cc3c(c2cc1Sc1c(C)cccc1C)-c1ccccc1C1CCCCC31. The van der Waals surface area contributed by atoms with Crippen molar-refractivity contribution in [1.82, 2.24) is 0 Å². The largest absolute Gasteiger partial charge is 0.507 e. The van der Waals surface area contributed by atoms with Crippen LogP contribution in [-0.2, 0) is 0 Å². The van der Waals surface area contributed by atoms with Crippen LogP contribution < -0.4 is 4.74 Å². The van der Waals surface area contributed by atoms with Crippen molar-refractivity contribution in [3.8, 4) is 22.6 Å². The van der Waals surface area contributed by atoms with Gasteiger partial charge in [-0.1, -0.05) is 67.1 Å². The van der Waals surface area contributed by atoms with E-state index in [1.807, 2.05) is 12.1 Å². The minimum absolute atomic E-state index is 0.361. The van der Waals surface area contributed by atoms with Crippen molar-refractivity contribution >= 4 is 22.5 Å². The first kappa shape index (κ1) is 21.6. The Balaban J connectivity index is 1.63. The number of phenolic OH excluding ortho intramolecular Hbond substituents is 1. The fourth-order valence-corrected chi connectivity index (χ4v) is 7.35. The van der Waals surface area contributed by atoms with Crippen molar-refractivity contribution in [2.75, 3.05) is 7.11 Å². The molecule has 4 aromatic carbocycles. The minimum Gasteiger partial charge on any atom is -0.507 e. The van der Waals surface area contributed by atoms with Crippen molar-refractivity contribution < 1.29 is 9.84 Å². The second-order valence-electron chi connectivity index (χ2n) is 9.82. The highest BCUT2D eigenvalue weighted by Crippen LogP contribution is 2.56. The summed E-state index contributed by atoms with van der Waals surface area (Å²) in [5, 5.41) is 13.2. The van der Waals surface area contributed by atoms with E-state index in [0.717, 1.165) is 21.4 Å². The third-order valence-corrected chi connectivity index (χ3v) is 9.23. The number of hydrogen-bond donors (Lipinski definition) is 1. The van der Waals surface area contributed by atoms with Crippen molar-refractivity contribution in [2.24, 2.45) is 0 Å². The van der Waals surface area contributed by atoms with Gasteiger partial charge in [-0.15, -0.1) is 0 Å². The van der Waals surface area contributed by atoms with Crippen LogP contribution in [0.5, 0.6) is 11.5 Å². The Labute approximate surface area is 206 Å². The van der Waals surface area contributed by atoms with Gasteiger partial charge in [-0.25, -0.2) is 0 Å². The third-order valence-electron chi connectivity index (χ3n) is 7.85. The standard InChI is InChI=1S/C31H30O2S/c1-18-9-8-10-19(2)31(18)34-29-17-26-24(16-28(29)33-3)27(32)15-25-22-13-5-4-11-20(22)21-12-6-7-14-23(21)30(25)26/h6-10,12,14-17,20,22,32H,4-5,11,13H2,1-3H3. The lowest BCUT2D eigenvalue weighted by molar-refractivity contribution is 0.382. The molecule has 2 unspecified atom stereocenters. The van der Waals surface area contributed by atoms with Gasteiger partial charge in [-0.05, 0) is 95.5 Å². The average molecular weight is 467 g/mol. The van der Waals surface area contributed by atoms with Gasteiger partial charge in [-0.3, -0.25) is 0 Å². The number of phenols is 1. The van der Waals surface area contributed by atoms with Crippen LogP contribution in [0.15, 0.2) is 70.5 Å². The van der Waals surface area contributed by atoms with Gasteiger partial charge in [0.1, 0.15) is 11.5 Å². The van der Waals surface area contributed by atoms with E-state index in [1.54, 1.807) is 18.9 Å². The van der Waals surface area contributed by atoms with Crippen molar-refractivity contribution in [3.05, 3.63) is 82.9 Å². The molecule has 0 saturated heterocycles. The Morgan fingerprint density at radius 3 is 2.26 bits per heavy atom. The van der Waals surface area contributed by atoms with Gasteiger partial charge in [0.2, 0.25) is 0 Å². The molecule has 2 aliphatic carbocycles. The Hall–Kier alpha value is -2.91. The van der Waals surface area contributed by atoms with Crippen LogP contribution in [-0.4, -0.2) is 12.2 Å². The number of aryl methyl sites for hydroxylation is 2. The molecule has 34 heavy (non-hydrogen) atoms. The number of rotatable bonds is 3. The van der Waals surface area contributed by atoms with Gasteiger partial charge in [0.25, 0.3) is 0 Å². The minimum atomic E-state index is 0.361. The van der Waals surface area contributed by atoms with Gasteiger partial charge < -0.3 is 9.84 Å². The van der Waals surface area contributed by atoms with Gasteiger partial charge in [0.15, 0.2) is 0 Å². The predicted molar refractivity (Wildman–Crippen MR) is 142 cm³/mol. The smallest absolute Gasteiger partial charge is 0.133 e. The summed E-state index contributed by atoms with van der Waals surface area (Å²) in [6.07, 6.45) is 4.98. The quantitative estimate of drug-likeness (QED) is 0.327. The van der Waals surface area contributed by atoms with Crippen LogP contribution in [0, 0.1) is 13.8 Å². The van der Waals surface area contributed by atoms with Gasteiger partial charge in [0.05, 0.1) is 12.0 Å². The van der Waals surface area contributed by atoms with Crippen molar-refractivity contribution in [3.63, 3.8) is 0 Å². The maximum absolute atomic E-state index is 11.2. The number of fused-ring (bicyclic) bond motifs is 8. The van der Waals surface area contributed by atoms with Gasteiger partial charge >= 0.3 is 0 Å². The highest BCUT2D eigenvalue weighted by Gasteiger charge is 2.36. The lowest BCUT2D eigenvalue weighted by Gasteiger charge is -2.39. The molecule has 1 saturated carbocycles. The summed E-state index contributed by atoms with van der Waals surface area (Å²) in [5.74, 6) is 2.19. The highest BCUT2D eigenvalue weighted by atomic mass is 32.2. The fourth-order valence-electron chi connectivity index (χ4n) is 6.26. The second-order valence-corrected chi connectivity index (χ2v) is 10.9. The molecule has 0 bridgehead atoms. The molecule has 6 rings (SSSR count). The van der Waals surface area contributed by atoms with Crippen LogP contribution >= 0.6 is 11.8 Å². The molecular weight excluding hydrogens is 436 g/mol. The summed E-state index contributed by atoms with van der Waals surface area (Å²) < 4.78 is 5.83. The molecule has 0 radical (unpaired) electrons. The van der Waals surface area contributed by atoms with E-state index < -0.39 is 0 Å². The molecule has 0 aliphatic heterocycles. The molecule has 2 nitrogen and oxygen atoms in total. The van der Waals surface area contributed by atoms with Gasteiger partial charge in [0, 0.05) is 10.3 Å². The summed E-state index contributed by atoms with van der Waals surface area (Å²) in [4.78, 5) is 2.35. The normalized spacial score (nSPS) is 18.8. The molecule has 172 valence electrons. The maximum Gasteiger partial charge on any atom is 0.133 e. The zero-order valence-electron chi connectivity index (χ0n) is 20.0. The first-order chi connectivity index (χ1) is 16.6. The first-order valence-corrected chi connectivity index (χ1v) is 13.1. The molecule has 2 atom stereocenters. The number of methoxy groups -OCH3 is 1. The zero-order valence-corrected chi connectivity index (χ0v) is 20.8. The molecule has 0 amide bonds. The van der Waals surface area contributed by atoms with Crippen molar-refractivity contribution in [2.45, 2.75) is 61.2 Å². The molecule has 0 spiro atoms. The highest BCUT2D eigenvalue weighted by molar-refractivity contribution is 7.99. The van der Waals surface area contributed by atoms with E-state index in [-0.39, 0.29) is 0 Å². The van der Waals surface area contributed by atoms with Crippen LogP contribution in [0.2, 0.25) is 0 Å². The molecule has 3 heteroatoms. The summed E-state index contributed by atoms with van der Waals surface area (Å²) >= 11 is 1.76. The Morgan fingerprint density at radius 1 is 0.824 bits per heavy atom. The van der Waals surface area contributed by atoms with Crippen molar-refractivity contribution in [1.29, 1.82) is 0 Å². The van der Waals surface area contributed by atoms with E-state index >= 15 is 0 Å². The van der Waals surface area contributed by atoms with E-state index in [0.29, 0.717) is 17.6 Å². The average Bonchev–Trinajstić information content (AvgIpc) is 2.86. The Kier molecular flexibility index (Phi) is 5.33. The first-order valence-electron chi connectivity index (χ1n) is 12.3. The molecule has 0 aromatic heterocycles. The molecular formula is C31H30O2S. The Morgan fingerprint density at radius 2 is 1.53 bits per heavy atom. The summed E-state index contributed by atoms with van der Waals surface area (Å²) in [6, 6.07) is 21.7. The maximum atomic E-state index is 11.2.